The van der Waals surface area contributed by atoms with E-state index in [1.54, 1.807) is 19.2 Å². The number of aryl methyl sites for hydroxylation is 1. The van der Waals surface area contributed by atoms with Crippen LogP contribution in [0.15, 0.2) is 52.5 Å². The average Bonchev–Trinajstić information content (AvgIpc) is 3.09. The van der Waals surface area contributed by atoms with Crippen LogP contribution in [-0.2, 0) is 30.2 Å². The van der Waals surface area contributed by atoms with Gasteiger partial charge in [0.2, 0.25) is 10.0 Å². The van der Waals surface area contributed by atoms with Crippen molar-refractivity contribution in [3.8, 4) is 0 Å². The number of benzene rings is 1. The largest absolute Gasteiger partial charge is 0.357 e. The maximum atomic E-state index is 12.6. The first-order valence-electron chi connectivity index (χ1n) is 9.83. The van der Waals surface area contributed by atoms with Crippen molar-refractivity contribution in [3.05, 3.63) is 53.9 Å². The van der Waals surface area contributed by atoms with Crippen molar-refractivity contribution >= 4 is 16.0 Å². The highest BCUT2D eigenvalue weighted by Crippen LogP contribution is 2.17. The maximum Gasteiger partial charge on any atom is 0.243 e. The van der Waals surface area contributed by atoms with E-state index in [1.807, 2.05) is 59.3 Å². The lowest BCUT2D eigenvalue weighted by atomic mass is 10.2. The quantitative estimate of drug-likeness (QED) is 0.528. The third kappa shape index (κ3) is 5.83. The van der Waals surface area contributed by atoms with E-state index in [-0.39, 0.29) is 6.04 Å². The number of sulfonamides is 1. The highest BCUT2D eigenvalue weighted by atomic mass is 32.2. The summed E-state index contributed by atoms with van der Waals surface area (Å²) < 4.78 is 28.6. The number of aromatic nitrogens is 1. The summed E-state index contributed by atoms with van der Waals surface area (Å²) >= 11 is 0. The number of hydrogen-bond donors (Lipinski definition) is 1. The predicted molar refractivity (Wildman–Crippen MR) is 118 cm³/mol. The van der Waals surface area contributed by atoms with E-state index < -0.39 is 10.0 Å². The molecule has 1 aromatic heterocycles. The molecule has 0 amide bonds. The number of aliphatic imine (C=N–C) groups is 1. The lowest BCUT2D eigenvalue weighted by molar-refractivity contribution is 0.410. The summed E-state index contributed by atoms with van der Waals surface area (Å²) in [5, 5.41) is 3.31. The topological polar surface area (TPSA) is 69.9 Å². The monoisotopic (exact) mass is 419 g/mol. The molecule has 0 spiro atoms. The fraction of sp³-hybridized carbons (Fsp3) is 0.476. The molecular weight excluding hydrogens is 386 g/mol. The van der Waals surface area contributed by atoms with E-state index in [0.717, 1.165) is 24.6 Å². The van der Waals surface area contributed by atoms with Crippen LogP contribution < -0.4 is 5.32 Å². The Bertz CT molecular complexity index is 917. The standard InChI is InChI=1S/C21H33N5O2S/c1-7-22-21(25(5)16-19-9-8-14-24(19)4)23-15-18-10-12-20(13-11-18)29(27,28)26(6)17(2)3/h8-14,17H,7,15-16H2,1-6H3,(H,22,23). The van der Waals surface area contributed by atoms with Gasteiger partial charge in [0.05, 0.1) is 18.0 Å². The van der Waals surface area contributed by atoms with Crippen LogP contribution in [-0.4, -0.2) is 54.8 Å². The molecule has 0 fully saturated rings. The van der Waals surface area contributed by atoms with E-state index in [0.29, 0.717) is 11.4 Å². The first-order valence-corrected chi connectivity index (χ1v) is 11.3. The van der Waals surface area contributed by atoms with Gasteiger partial charge in [-0.15, -0.1) is 0 Å². The number of rotatable bonds is 8. The molecule has 0 saturated heterocycles. The van der Waals surface area contributed by atoms with E-state index in [4.69, 9.17) is 4.99 Å². The van der Waals surface area contributed by atoms with Gasteiger partial charge in [-0.2, -0.15) is 4.31 Å². The Morgan fingerprint density at radius 1 is 1.17 bits per heavy atom. The molecule has 0 aliphatic heterocycles. The highest BCUT2D eigenvalue weighted by molar-refractivity contribution is 7.89. The Balaban J connectivity index is 2.12. The molecular formula is C21H33N5O2S. The number of nitrogens with one attached hydrogen (secondary N) is 1. The zero-order valence-corrected chi connectivity index (χ0v) is 19.1. The first kappa shape index (κ1) is 23.0. The van der Waals surface area contributed by atoms with Crippen molar-refractivity contribution < 1.29 is 8.42 Å². The second kappa shape index (κ2) is 9.93. The Morgan fingerprint density at radius 2 is 1.83 bits per heavy atom. The number of hydrogen-bond acceptors (Lipinski definition) is 3. The fourth-order valence-electron chi connectivity index (χ4n) is 2.83. The summed E-state index contributed by atoms with van der Waals surface area (Å²) in [5.74, 6) is 0.810. The van der Waals surface area contributed by atoms with Crippen molar-refractivity contribution in [2.45, 2.75) is 44.8 Å². The Morgan fingerprint density at radius 3 is 2.34 bits per heavy atom. The van der Waals surface area contributed by atoms with Crippen LogP contribution in [0.25, 0.3) is 0 Å². The second-order valence-electron chi connectivity index (χ2n) is 7.40. The van der Waals surface area contributed by atoms with Crippen LogP contribution in [0.5, 0.6) is 0 Å². The fourth-order valence-corrected chi connectivity index (χ4v) is 4.19. The van der Waals surface area contributed by atoms with Crippen LogP contribution in [0.4, 0.5) is 0 Å². The second-order valence-corrected chi connectivity index (χ2v) is 9.39. The first-order chi connectivity index (χ1) is 13.7. The minimum atomic E-state index is -3.47. The Kier molecular flexibility index (Phi) is 7.87. The van der Waals surface area contributed by atoms with E-state index >= 15 is 0 Å². The molecule has 7 nitrogen and oxygen atoms in total. The molecule has 0 aliphatic carbocycles. The van der Waals surface area contributed by atoms with E-state index in [9.17, 15) is 8.42 Å². The third-order valence-corrected chi connectivity index (χ3v) is 6.93. The van der Waals surface area contributed by atoms with Crippen molar-refractivity contribution in [2.24, 2.45) is 12.0 Å². The molecule has 2 aromatic rings. The van der Waals surface area contributed by atoms with Crippen LogP contribution in [0.1, 0.15) is 32.0 Å². The van der Waals surface area contributed by atoms with Gasteiger partial charge in [-0.3, -0.25) is 0 Å². The molecule has 0 aliphatic rings. The number of guanidine groups is 1. The van der Waals surface area contributed by atoms with E-state index in [2.05, 4.69) is 20.9 Å². The van der Waals surface area contributed by atoms with Crippen LogP contribution in [0.2, 0.25) is 0 Å². The normalized spacial score (nSPS) is 12.6. The number of nitrogens with zero attached hydrogens (tertiary/aromatic N) is 4. The van der Waals surface area contributed by atoms with Gasteiger partial charge in [0.1, 0.15) is 0 Å². The van der Waals surface area contributed by atoms with Crippen LogP contribution in [0.3, 0.4) is 0 Å². The summed E-state index contributed by atoms with van der Waals surface area (Å²) in [6.45, 7) is 7.74. The summed E-state index contributed by atoms with van der Waals surface area (Å²) in [7, 11) is 2.17. The Hall–Kier alpha value is -2.32. The minimum absolute atomic E-state index is 0.0910. The van der Waals surface area contributed by atoms with Gasteiger partial charge in [0, 0.05) is 45.6 Å². The lowest BCUT2D eigenvalue weighted by Crippen LogP contribution is -2.38. The zero-order valence-electron chi connectivity index (χ0n) is 18.3. The summed E-state index contributed by atoms with van der Waals surface area (Å²) in [6.07, 6.45) is 2.03. The summed E-state index contributed by atoms with van der Waals surface area (Å²) in [4.78, 5) is 7.09. The summed E-state index contributed by atoms with van der Waals surface area (Å²) in [6, 6.07) is 11.0. The smallest absolute Gasteiger partial charge is 0.243 e. The van der Waals surface area contributed by atoms with Gasteiger partial charge in [-0.05, 0) is 50.6 Å². The molecule has 1 heterocycles. The van der Waals surface area contributed by atoms with Gasteiger partial charge >= 0.3 is 0 Å². The molecule has 8 heteroatoms. The van der Waals surface area contributed by atoms with Gasteiger partial charge in [0.15, 0.2) is 5.96 Å². The van der Waals surface area contributed by atoms with Gasteiger partial charge in [-0.25, -0.2) is 13.4 Å². The minimum Gasteiger partial charge on any atom is -0.357 e. The molecule has 160 valence electrons. The van der Waals surface area contributed by atoms with E-state index in [1.165, 1.54) is 10.00 Å². The molecule has 1 N–H and O–H groups in total. The predicted octanol–water partition coefficient (Wildman–Crippen LogP) is 2.65. The van der Waals surface area contributed by atoms with Crippen LogP contribution in [0, 0.1) is 0 Å². The average molecular weight is 420 g/mol. The highest BCUT2D eigenvalue weighted by Gasteiger charge is 2.22. The molecule has 0 unspecified atom stereocenters. The Labute approximate surface area is 175 Å². The van der Waals surface area contributed by atoms with Gasteiger partial charge < -0.3 is 14.8 Å². The van der Waals surface area contributed by atoms with Crippen molar-refractivity contribution in [2.75, 3.05) is 20.6 Å². The zero-order chi connectivity index (χ0) is 21.6. The van der Waals surface area contributed by atoms with Crippen molar-refractivity contribution in [3.63, 3.8) is 0 Å². The van der Waals surface area contributed by atoms with Gasteiger partial charge in [0.25, 0.3) is 0 Å². The molecule has 0 saturated carbocycles. The van der Waals surface area contributed by atoms with Crippen LogP contribution >= 0.6 is 0 Å². The SMILES string of the molecule is CCNC(=NCc1ccc(S(=O)(=O)N(C)C(C)C)cc1)N(C)Cc1cccn1C. The van der Waals surface area contributed by atoms with Crippen molar-refractivity contribution in [1.82, 2.24) is 19.1 Å². The molecule has 0 bridgehead atoms. The molecule has 1 aromatic carbocycles. The molecule has 29 heavy (non-hydrogen) atoms. The molecule has 2 rings (SSSR count). The third-order valence-electron chi connectivity index (χ3n) is 4.89. The molecule has 0 atom stereocenters. The lowest BCUT2D eigenvalue weighted by Gasteiger charge is -2.22. The summed E-state index contributed by atoms with van der Waals surface area (Å²) in [5.41, 5.74) is 2.15. The van der Waals surface area contributed by atoms with Gasteiger partial charge in [-0.1, -0.05) is 12.1 Å². The molecule has 0 radical (unpaired) electrons. The maximum absolute atomic E-state index is 12.6. The van der Waals surface area contributed by atoms with Crippen molar-refractivity contribution in [1.29, 1.82) is 0 Å².